The minimum absolute atomic E-state index is 0.740. The number of carbonyl (C=O) groups is 4. The van der Waals surface area contributed by atoms with Crippen molar-refractivity contribution in [2.24, 2.45) is 0 Å². The maximum Gasteiger partial charge on any atom is 0.364 e. The third-order valence-electron chi connectivity index (χ3n) is 10.4. The number of carboxylic acids is 1. The molecule has 0 aromatic rings. The largest absolute Gasteiger partial charge is 0.477 e. The third-order valence-corrected chi connectivity index (χ3v) is 10.4. The lowest BCUT2D eigenvalue weighted by Crippen LogP contribution is -2.70. The number of rotatable bonds is 16. The summed E-state index contributed by atoms with van der Waals surface area (Å²) in [6, 6.07) is -4.82. The zero-order valence-electron chi connectivity index (χ0n) is 32.4. The van der Waals surface area contributed by atoms with Gasteiger partial charge in [-0.3, -0.25) is 14.4 Å². The Hall–Kier alpha value is -2.88. The third kappa shape index (κ3) is 11.0. The number of hydrogen-bond donors (Lipinski definition) is 16. The van der Waals surface area contributed by atoms with Crippen LogP contribution in [0.5, 0.6) is 0 Å². The monoisotopic (exact) mass is 877 g/mol. The molecule has 16 N–H and O–H groups in total. The number of aliphatic hydroxyl groups excluding tert-OH is 12. The first-order valence-corrected chi connectivity index (χ1v) is 18.7. The van der Waals surface area contributed by atoms with Gasteiger partial charge in [-0.15, -0.1) is 0 Å². The predicted octanol–water partition coefficient (Wildman–Crippen LogP) is -10.1. The number of carbonyl (C=O) groups excluding carboxylic acids is 3. The van der Waals surface area contributed by atoms with Crippen molar-refractivity contribution >= 4 is 23.7 Å². The molecule has 346 valence electrons. The molecule has 27 heteroatoms. The molecule has 4 fully saturated rings. The Morgan fingerprint density at radius 2 is 1.18 bits per heavy atom. The van der Waals surface area contributed by atoms with Gasteiger partial charge in [0, 0.05) is 27.2 Å². The van der Waals surface area contributed by atoms with Gasteiger partial charge in [0.1, 0.15) is 91.4 Å². The Labute approximate surface area is 340 Å². The number of aliphatic carboxylic acids is 1. The second-order valence-corrected chi connectivity index (χ2v) is 14.8. The fourth-order valence-electron chi connectivity index (χ4n) is 7.34. The van der Waals surface area contributed by atoms with Gasteiger partial charge >= 0.3 is 5.97 Å². The molecule has 21 atom stereocenters. The first-order valence-electron chi connectivity index (χ1n) is 18.7. The minimum Gasteiger partial charge on any atom is -0.477 e. The van der Waals surface area contributed by atoms with Crippen LogP contribution in [0.15, 0.2) is 0 Å². The maximum absolute atomic E-state index is 12.7. The molecule has 0 aromatic carbocycles. The Morgan fingerprint density at radius 1 is 0.667 bits per heavy atom. The predicted molar refractivity (Wildman–Crippen MR) is 186 cm³/mol. The van der Waals surface area contributed by atoms with Crippen molar-refractivity contribution in [3.63, 3.8) is 0 Å². The van der Waals surface area contributed by atoms with Crippen molar-refractivity contribution in [1.29, 1.82) is 0 Å². The van der Waals surface area contributed by atoms with E-state index < -0.39 is 185 Å². The van der Waals surface area contributed by atoms with Crippen molar-refractivity contribution in [2.75, 3.05) is 26.4 Å². The van der Waals surface area contributed by atoms with E-state index in [2.05, 4.69) is 16.0 Å². The first-order chi connectivity index (χ1) is 28.1. The molecule has 4 rings (SSSR count). The van der Waals surface area contributed by atoms with Crippen LogP contribution in [-0.2, 0) is 52.3 Å². The Balaban J connectivity index is 1.61. The van der Waals surface area contributed by atoms with Gasteiger partial charge in [-0.2, -0.15) is 0 Å². The number of hydrogen-bond acceptors (Lipinski definition) is 23. The summed E-state index contributed by atoms with van der Waals surface area (Å²) in [7, 11) is 0. The maximum atomic E-state index is 12.7. The Morgan fingerprint density at radius 3 is 1.73 bits per heavy atom. The Bertz CT molecular complexity index is 1470. The average molecular weight is 878 g/mol. The number of aliphatic hydroxyl groups is 12. The highest BCUT2D eigenvalue weighted by Crippen LogP contribution is 2.36. The molecule has 0 spiro atoms. The van der Waals surface area contributed by atoms with E-state index in [1.807, 2.05) is 0 Å². The topological polar surface area (TPSA) is 432 Å². The molecule has 4 aliphatic heterocycles. The molecule has 27 nitrogen and oxygen atoms in total. The fraction of sp³-hybridized carbons (Fsp3) is 0.879. The number of carboxylic acid groups (broad SMARTS) is 1. The van der Waals surface area contributed by atoms with Gasteiger partial charge in [0.05, 0.1) is 38.6 Å². The van der Waals surface area contributed by atoms with Gasteiger partial charge in [0.15, 0.2) is 18.9 Å². The standard InChI is InChI=1S/C33H55N3O24/c1-9(40)34-17-12(43)4-33(32(52)53,60-27(17)20(45)13(44)5-37)54-8-16-23(48)26(19(29(51)55-16)36-11(3)42)58-31-25(50)28(22(47)15(7-39)57-31)59-30-18(35-10(2)41)24(49)21(46)14(6-38)56-30/h12-31,37-39,43-51H,4-8H2,1-3H3,(H,34,40)(H,35,41)(H,36,42)(H,52,53)/t12-,13+,14+,15+,16+,17+,18+,19+,20+,21+,22-,23-,24+,25+,26+,27+,28-,29-,30-,31-,33+/m0/s1. The van der Waals surface area contributed by atoms with E-state index in [1.54, 1.807) is 0 Å². The van der Waals surface area contributed by atoms with Crippen molar-refractivity contribution in [2.45, 2.75) is 155 Å². The second kappa shape index (κ2) is 21.0. The van der Waals surface area contributed by atoms with E-state index in [9.17, 15) is 85.6 Å². The van der Waals surface area contributed by atoms with Crippen molar-refractivity contribution in [1.82, 2.24) is 16.0 Å². The zero-order chi connectivity index (χ0) is 45.0. The van der Waals surface area contributed by atoms with Crippen LogP contribution in [0.1, 0.15) is 27.2 Å². The van der Waals surface area contributed by atoms with Gasteiger partial charge in [-0.05, 0) is 0 Å². The summed E-state index contributed by atoms with van der Waals surface area (Å²) in [5.41, 5.74) is 0. The van der Waals surface area contributed by atoms with Gasteiger partial charge < -0.3 is 115 Å². The van der Waals surface area contributed by atoms with Crippen LogP contribution in [0, 0.1) is 0 Å². The number of amides is 3. The normalized spacial score (nSPS) is 43.3. The van der Waals surface area contributed by atoms with Crippen LogP contribution in [0.2, 0.25) is 0 Å². The molecule has 0 bridgehead atoms. The quantitative estimate of drug-likeness (QED) is 0.0684. The molecule has 0 radical (unpaired) electrons. The van der Waals surface area contributed by atoms with Crippen LogP contribution in [0.3, 0.4) is 0 Å². The zero-order valence-corrected chi connectivity index (χ0v) is 32.4. The van der Waals surface area contributed by atoms with Crippen molar-refractivity contribution in [3.8, 4) is 0 Å². The molecule has 0 unspecified atom stereocenters. The van der Waals surface area contributed by atoms with E-state index >= 15 is 0 Å². The van der Waals surface area contributed by atoms with E-state index in [-0.39, 0.29) is 0 Å². The molecule has 4 aliphatic rings. The van der Waals surface area contributed by atoms with E-state index in [0.717, 1.165) is 20.8 Å². The van der Waals surface area contributed by atoms with E-state index in [1.165, 1.54) is 0 Å². The lowest BCUT2D eigenvalue weighted by Gasteiger charge is -2.49. The molecule has 0 aliphatic carbocycles. The summed E-state index contributed by atoms with van der Waals surface area (Å²) < 4.78 is 39.3. The van der Waals surface area contributed by atoms with Crippen LogP contribution in [0.25, 0.3) is 0 Å². The minimum atomic E-state index is -2.93. The van der Waals surface area contributed by atoms with Gasteiger partial charge in [0.2, 0.25) is 17.7 Å². The molecule has 4 saturated heterocycles. The molecule has 0 aromatic heterocycles. The average Bonchev–Trinajstić information content (AvgIpc) is 3.18. The lowest BCUT2D eigenvalue weighted by atomic mass is 9.88. The number of nitrogens with one attached hydrogen (secondary N) is 3. The first kappa shape index (κ1) is 49.8. The summed E-state index contributed by atoms with van der Waals surface area (Å²) in [6.45, 7) is -0.856. The fourth-order valence-corrected chi connectivity index (χ4v) is 7.34. The van der Waals surface area contributed by atoms with E-state index in [0.29, 0.717) is 0 Å². The highest BCUT2D eigenvalue weighted by atomic mass is 16.8. The van der Waals surface area contributed by atoms with Crippen molar-refractivity contribution < 1.29 is 119 Å². The SMILES string of the molecule is CC(=O)N[C@@H]1[C@@H](O[C@@H]2O[C@H](CO)[C@H](O)[C@H](O[C@@H]3O[C@H](CO)[C@@H](O)[C@H](O)[C@H]3NC(C)=O)[C@H]2O)[C@@H](O)[C@@H](CO[C@]2(C(=O)O)C[C@H](O)[C@@H](NC(C)=O)[C@H]([C@H](O)[C@H](O)CO)O2)O[C@@H]1O. The van der Waals surface area contributed by atoms with Gasteiger partial charge in [-0.1, -0.05) is 0 Å². The highest BCUT2D eigenvalue weighted by Gasteiger charge is 2.58. The molecule has 3 amide bonds. The van der Waals surface area contributed by atoms with Crippen LogP contribution in [0.4, 0.5) is 0 Å². The van der Waals surface area contributed by atoms with Crippen LogP contribution < -0.4 is 16.0 Å². The van der Waals surface area contributed by atoms with Gasteiger partial charge in [0.25, 0.3) is 5.79 Å². The van der Waals surface area contributed by atoms with Crippen LogP contribution >= 0.6 is 0 Å². The molecule has 4 heterocycles. The van der Waals surface area contributed by atoms with Crippen molar-refractivity contribution in [3.05, 3.63) is 0 Å². The number of ether oxygens (including phenoxy) is 7. The smallest absolute Gasteiger partial charge is 0.364 e. The summed E-state index contributed by atoms with van der Waals surface area (Å²) in [4.78, 5) is 48.7. The summed E-state index contributed by atoms with van der Waals surface area (Å²) in [5, 5.41) is 144. The summed E-state index contributed by atoms with van der Waals surface area (Å²) in [5.74, 6) is -7.17. The molecular formula is C33H55N3O24. The second-order valence-electron chi connectivity index (χ2n) is 14.8. The van der Waals surface area contributed by atoms with Gasteiger partial charge in [-0.25, -0.2) is 4.79 Å². The lowest BCUT2D eigenvalue weighted by molar-refractivity contribution is -0.368. The van der Waals surface area contributed by atoms with Crippen LogP contribution in [-0.4, -0.2) is 245 Å². The summed E-state index contributed by atoms with van der Waals surface area (Å²) in [6.07, 6.45) is -33.3. The Kier molecular flexibility index (Phi) is 17.4. The highest BCUT2D eigenvalue weighted by molar-refractivity contribution is 5.76. The molecule has 0 saturated carbocycles. The van der Waals surface area contributed by atoms with E-state index in [4.69, 9.17) is 33.2 Å². The molecular weight excluding hydrogens is 822 g/mol. The summed E-state index contributed by atoms with van der Waals surface area (Å²) >= 11 is 0. The molecule has 60 heavy (non-hydrogen) atoms.